The smallest absolute Gasteiger partial charge is 0.131 e. The van der Waals surface area contributed by atoms with E-state index in [0.29, 0.717) is 0 Å². The van der Waals surface area contributed by atoms with E-state index in [1.165, 1.54) is 19.3 Å². The molecule has 0 aromatic rings. The van der Waals surface area contributed by atoms with Gasteiger partial charge in [-0.15, -0.1) is 0 Å². The van der Waals surface area contributed by atoms with Gasteiger partial charge in [-0.25, -0.2) is 0 Å². The predicted octanol–water partition coefficient (Wildman–Crippen LogP) is 3.40. The van der Waals surface area contributed by atoms with Crippen LogP contribution >= 0.6 is 0 Å². The molecule has 0 fully saturated rings. The molecule has 0 radical (unpaired) electrons. The van der Waals surface area contributed by atoms with Crippen LogP contribution in [0.5, 0.6) is 0 Å². The van der Waals surface area contributed by atoms with E-state index >= 15 is 0 Å². The van der Waals surface area contributed by atoms with Crippen molar-refractivity contribution in [2.75, 3.05) is 0 Å². The van der Waals surface area contributed by atoms with Gasteiger partial charge in [0.25, 0.3) is 0 Å². The summed E-state index contributed by atoms with van der Waals surface area (Å²) < 4.78 is 5.93. The molecule has 0 aromatic carbocycles. The largest absolute Gasteiger partial charge is 0.490 e. The highest BCUT2D eigenvalue weighted by Crippen LogP contribution is 2.30. The maximum atomic E-state index is 9.99. The SMILES string of the molecule is CC(C)(O)C(C)(C)OC1=CCCCCC1. The molecule has 0 bridgehead atoms. The molecule has 2 heteroatoms. The highest BCUT2D eigenvalue weighted by Gasteiger charge is 2.37. The van der Waals surface area contributed by atoms with Gasteiger partial charge in [-0.3, -0.25) is 0 Å². The van der Waals surface area contributed by atoms with E-state index in [0.717, 1.165) is 18.6 Å². The molecule has 88 valence electrons. The average Bonchev–Trinajstić information content (AvgIpc) is 2.30. The van der Waals surface area contributed by atoms with Gasteiger partial charge < -0.3 is 9.84 Å². The summed E-state index contributed by atoms with van der Waals surface area (Å²) in [5.74, 6) is 1.06. The number of hydrogen-bond acceptors (Lipinski definition) is 2. The summed E-state index contributed by atoms with van der Waals surface area (Å²) in [5.41, 5.74) is -1.34. The van der Waals surface area contributed by atoms with Gasteiger partial charge in [0.05, 0.1) is 11.4 Å². The molecule has 0 amide bonds. The second-order valence-corrected chi connectivity index (χ2v) is 5.44. The second-order valence-electron chi connectivity index (χ2n) is 5.44. The van der Waals surface area contributed by atoms with Crippen LogP contribution in [0.4, 0.5) is 0 Å². The molecule has 0 saturated carbocycles. The molecule has 1 aliphatic rings. The first kappa shape index (κ1) is 12.6. The number of hydrogen-bond donors (Lipinski definition) is 1. The molecular weight excluding hydrogens is 188 g/mol. The molecule has 0 saturated heterocycles. The molecule has 0 aliphatic heterocycles. The Morgan fingerprint density at radius 3 is 2.40 bits per heavy atom. The van der Waals surface area contributed by atoms with E-state index in [4.69, 9.17) is 4.74 Å². The zero-order valence-electron chi connectivity index (χ0n) is 10.5. The van der Waals surface area contributed by atoms with Gasteiger partial charge in [0.1, 0.15) is 5.60 Å². The summed E-state index contributed by atoms with van der Waals surface area (Å²) in [6, 6.07) is 0. The number of aliphatic hydroxyl groups is 1. The third kappa shape index (κ3) is 3.53. The molecule has 1 rings (SSSR count). The van der Waals surface area contributed by atoms with Crippen molar-refractivity contribution in [1.82, 2.24) is 0 Å². The molecule has 15 heavy (non-hydrogen) atoms. The standard InChI is InChI=1S/C13H24O2/c1-12(2,14)13(3,4)15-11-9-7-5-6-8-10-11/h9,14H,5-8,10H2,1-4H3. The van der Waals surface area contributed by atoms with Crippen molar-refractivity contribution in [3.8, 4) is 0 Å². The van der Waals surface area contributed by atoms with Crippen LogP contribution in [0.15, 0.2) is 11.8 Å². The maximum absolute atomic E-state index is 9.99. The molecule has 0 unspecified atom stereocenters. The van der Waals surface area contributed by atoms with Crippen molar-refractivity contribution >= 4 is 0 Å². The lowest BCUT2D eigenvalue weighted by Gasteiger charge is -2.38. The fraction of sp³-hybridized carbons (Fsp3) is 0.846. The lowest BCUT2D eigenvalue weighted by molar-refractivity contribution is -0.124. The van der Waals surface area contributed by atoms with Gasteiger partial charge in [-0.2, -0.15) is 0 Å². The van der Waals surface area contributed by atoms with Crippen LogP contribution in [-0.2, 0) is 4.74 Å². The molecule has 0 spiro atoms. The predicted molar refractivity (Wildman–Crippen MR) is 62.6 cm³/mol. The lowest BCUT2D eigenvalue weighted by Crippen LogP contribution is -2.47. The number of rotatable bonds is 3. The van der Waals surface area contributed by atoms with Crippen LogP contribution in [0, 0.1) is 0 Å². The molecule has 2 nitrogen and oxygen atoms in total. The topological polar surface area (TPSA) is 29.5 Å². The van der Waals surface area contributed by atoms with Crippen LogP contribution in [0.25, 0.3) is 0 Å². The first-order valence-electron chi connectivity index (χ1n) is 5.93. The fourth-order valence-electron chi connectivity index (χ4n) is 1.53. The summed E-state index contributed by atoms with van der Waals surface area (Å²) in [6.45, 7) is 7.48. The molecular formula is C13H24O2. The summed E-state index contributed by atoms with van der Waals surface area (Å²) in [5, 5.41) is 9.99. The van der Waals surface area contributed by atoms with E-state index in [2.05, 4.69) is 6.08 Å². The highest BCUT2D eigenvalue weighted by molar-refractivity contribution is 5.00. The van der Waals surface area contributed by atoms with E-state index in [1.807, 2.05) is 13.8 Å². The van der Waals surface area contributed by atoms with E-state index in [-0.39, 0.29) is 0 Å². The summed E-state index contributed by atoms with van der Waals surface area (Å²) in [7, 11) is 0. The summed E-state index contributed by atoms with van der Waals surface area (Å²) in [4.78, 5) is 0. The Bertz CT molecular complexity index is 233. The molecule has 1 aliphatic carbocycles. The first-order valence-corrected chi connectivity index (χ1v) is 5.93. The van der Waals surface area contributed by atoms with Crippen molar-refractivity contribution in [1.29, 1.82) is 0 Å². The van der Waals surface area contributed by atoms with Gasteiger partial charge in [0.15, 0.2) is 0 Å². The van der Waals surface area contributed by atoms with Crippen LogP contribution in [0.1, 0.15) is 59.8 Å². The lowest BCUT2D eigenvalue weighted by atomic mass is 9.89. The van der Waals surface area contributed by atoms with Gasteiger partial charge in [0, 0.05) is 6.42 Å². The zero-order valence-corrected chi connectivity index (χ0v) is 10.5. The van der Waals surface area contributed by atoms with Gasteiger partial charge in [-0.05, 0) is 53.0 Å². The van der Waals surface area contributed by atoms with Crippen molar-refractivity contribution < 1.29 is 9.84 Å². The molecule has 1 N–H and O–H groups in total. The normalized spacial score (nSPS) is 19.4. The molecule has 0 aromatic heterocycles. The number of allylic oxidation sites excluding steroid dienone is 2. The van der Waals surface area contributed by atoms with Crippen LogP contribution in [-0.4, -0.2) is 16.3 Å². The van der Waals surface area contributed by atoms with Crippen molar-refractivity contribution in [3.63, 3.8) is 0 Å². The third-order valence-electron chi connectivity index (χ3n) is 3.36. The Balaban J connectivity index is 2.63. The van der Waals surface area contributed by atoms with Crippen molar-refractivity contribution in [2.24, 2.45) is 0 Å². The minimum Gasteiger partial charge on any atom is -0.490 e. The Morgan fingerprint density at radius 2 is 1.80 bits per heavy atom. The van der Waals surface area contributed by atoms with Gasteiger partial charge >= 0.3 is 0 Å². The summed E-state index contributed by atoms with van der Waals surface area (Å²) >= 11 is 0. The quantitative estimate of drug-likeness (QED) is 0.777. The van der Waals surface area contributed by atoms with E-state index < -0.39 is 11.2 Å². The second kappa shape index (κ2) is 4.56. The molecule has 0 atom stereocenters. The van der Waals surface area contributed by atoms with E-state index in [9.17, 15) is 5.11 Å². The Kier molecular flexibility index (Phi) is 3.82. The minimum absolute atomic E-state index is 0.525. The van der Waals surface area contributed by atoms with Gasteiger partial charge in [-0.1, -0.05) is 6.42 Å². The Morgan fingerprint density at radius 1 is 1.13 bits per heavy atom. The van der Waals surface area contributed by atoms with Crippen molar-refractivity contribution in [3.05, 3.63) is 11.8 Å². The van der Waals surface area contributed by atoms with Crippen LogP contribution < -0.4 is 0 Å². The molecule has 0 heterocycles. The van der Waals surface area contributed by atoms with Crippen LogP contribution in [0.2, 0.25) is 0 Å². The minimum atomic E-state index is -0.819. The number of ether oxygens (including phenoxy) is 1. The van der Waals surface area contributed by atoms with E-state index in [1.54, 1.807) is 13.8 Å². The monoisotopic (exact) mass is 212 g/mol. The Hall–Kier alpha value is -0.500. The van der Waals surface area contributed by atoms with Gasteiger partial charge in [0.2, 0.25) is 0 Å². The van der Waals surface area contributed by atoms with Crippen molar-refractivity contribution in [2.45, 2.75) is 71.0 Å². The zero-order chi connectivity index (χ0) is 11.5. The fourth-order valence-corrected chi connectivity index (χ4v) is 1.53. The highest BCUT2D eigenvalue weighted by atomic mass is 16.5. The average molecular weight is 212 g/mol. The summed E-state index contributed by atoms with van der Waals surface area (Å²) in [6.07, 6.45) is 8.05. The third-order valence-corrected chi connectivity index (χ3v) is 3.36. The van der Waals surface area contributed by atoms with Crippen LogP contribution in [0.3, 0.4) is 0 Å². The maximum Gasteiger partial charge on any atom is 0.131 e. The Labute approximate surface area is 93.3 Å². The first-order chi connectivity index (χ1) is 6.83.